The van der Waals surface area contributed by atoms with Gasteiger partial charge in [-0.3, -0.25) is 9.59 Å². The Morgan fingerprint density at radius 1 is 1.00 bits per heavy atom. The molecule has 0 aliphatic carbocycles. The van der Waals surface area contributed by atoms with Gasteiger partial charge in [-0.05, 0) is 61.6 Å². The first-order valence-corrected chi connectivity index (χ1v) is 15.8. The fourth-order valence-electron chi connectivity index (χ4n) is 6.14. The molecule has 230 valence electrons. The molecular formula is C34H45N5O4. The summed E-state index contributed by atoms with van der Waals surface area (Å²) in [4.78, 5) is 34.0. The Hall–Kier alpha value is -3.69. The summed E-state index contributed by atoms with van der Waals surface area (Å²) in [7, 11) is 0. The lowest BCUT2D eigenvalue weighted by Gasteiger charge is -2.37. The number of ether oxygens (including phenoxy) is 1. The van der Waals surface area contributed by atoms with Crippen molar-refractivity contribution in [2.75, 3.05) is 57.4 Å². The minimum absolute atomic E-state index is 0.0745. The Bertz CT molecular complexity index is 1410. The van der Waals surface area contributed by atoms with Crippen molar-refractivity contribution in [1.82, 2.24) is 19.6 Å². The van der Waals surface area contributed by atoms with Crippen LogP contribution in [0.4, 0.5) is 5.69 Å². The van der Waals surface area contributed by atoms with E-state index in [1.54, 1.807) is 9.58 Å². The van der Waals surface area contributed by atoms with E-state index < -0.39 is 6.04 Å². The van der Waals surface area contributed by atoms with Gasteiger partial charge in [0.25, 0.3) is 11.8 Å². The number of anilines is 1. The summed E-state index contributed by atoms with van der Waals surface area (Å²) in [5, 5.41) is 15.3. The quantitative estimate of drug-likeness (QED) is 0.347. The highest BCUT2D eigenvalue weighted by Crippen LogP contribution is 2.33. The van der Waals surface area contributed by atoms with Gasteiger partial charge in [0, 0.05) is 44.1 Å². The Balaban J connectivity index is 1.53. The number of hydrogen-bond acceptors (Lipinski definition) is 6. The molecule has 9 heteroatoms. The van der Waals surface area contributed by atoms with Crippen LogP contribution in [0.15, 0.2) is 48.5 Å². The first-order valence-electron chi connectivity index (χ1n) is 15.8. The molecule has 43 heavy (non-hydrogen) atoms. The van der Waals surface area contributed by atoms with Gasteiger partial charge in [-0.1, -0.05) is 51.0 Å². The molecule has 1 saturated heterocycles. The largest absolute Gasteiger partial charge is 0.394 e. The highest BCUT2D eigenvalue weighted by atomic mass is 16.5. The van der Waals surface area contributed by atoms with Crippen LogP contribution < -0.4 is 4.90 Å². The van der Waals surface area contributed by atoms with Gasteiger partial charge in [-0.25, -0.2) is 4.68 Å². The molecule has 2 aliphatic rings. The third kappa shape index (κ3) is 6.63. The van der Waals surface area contributed by atoms with Gasteiger partial charge in [0.1, 0.15) is 0 Å². The van der Waals surface area contributed by atoms with Crippen LogP contribution in [0.2, 0.25) is 0 Å². The summed E-state index contributed by atoms with van der Waals surface area (Å²) in [6.45, 7) is 10.7. The number of carbonyl (C=O) groups excluding carboxylic acids is 2. The van der Waals surface area contributed by atoms with E-state index in [1.807, 2.05) is 54.3 Å². The van der Waals surface area contributed by atoms with Crippen molar-refractivity contribution in [3.63, 3.8) is 0 Å². The molecule has 0 radical (unpaired) electrons. The first-order chi connectivity index (χ1) is 21.0. The molecule has 0 bridgehead atoms. The monoisotopic (exact) mass is 587 g/mol. The van der Waals surface area contributed by atoms with Crippen LogP contribution in [-0.2, 0) is 11.2 Å². The summed E-state index contributed by atoms with van der Waals surface area (Å²) in [5.41, 5.74) is 5.39. The number of aliphatic hydroxyl groups excluding tert-OH is 1. The Kier molecular flexibility index (Phi) is 10.1. The summed E-state index contributed by atoms with van der Waals surface area (Å²) < 4.78 is 7.29. The normalized spacial score (nSPS) is 16.7. The van der Waals surface area contributed by atoms with Crippen molar-refractivity contribution in [3.8, 4) is 5.69 Å². The summed E-state index contributed by atoms with van der Waals surface area (Å²) in [6, 6.07) is 15.3. The average molecular weight is 588 g/mol. The fourth-order valence-corrected chi connectivity index (χ4v) is 6.14. The fraction of sp³-hybridized carbons (Fsp3) is 0.500. The predicted molar refractivity (Wildman–Crippen MR) is 168 cm³/mol. The van der Waals surface area contributed by atoms with E-state index in [-0.39, 0.29) is 18.4 Å². The van der Waals surface area contributed by atoms with E-state index in [0.29, 0.717) is 49.8 Å². The molecule has 3 heterocycles. The molecule has 1 fully saturated rings. The van der Waals surface area contributed by atoms with Gasteiger partial charge in [0.2, 0.25) is 0 Å². The number of fused-ring (bicyclic) bond motifs is 1. The molecule has 2 aromatic carbocycles. The lowest BCUT2D eigenvalue weighted by atomic mass is 9.92. The van der Waals surface area contributed by atoms with Crippen molar-refractivity contribution in [2.24, 2.45) is 0 Å². The van der Waals surface area contributed by atoms with Gasteiger partial charge in [0.15, 0.2) is 5.69 Å². The van der Waals surface area contributed by atoms with Gasteiger partial charge < -0.3 is 24.5 Å². The number of aromatic nitrogens is 2. The van der Waals surface area contributed by atoms with E-state index in [1.165, 1.54) is 0 Å². The molecule has 1 N–H and O–H groups in total. The number of rotatable bonds is 11. The smallest absolute Gasteiger partial charge is 0.274 e. The maximum absolute atomic E-state index is 14.5. The summed E-state index contributed by atoms with van der Waals surface area (Å²) >= 11 is 0. The number of aryl methyl sites for hydroxylation is 1. The molecule has 2 amide bonds. The molecule has 3 aromatic rings. The Morgan fingerprint density at radius 3 is 2.42 bits per heavy atom. The second kappa shape index (κ2) is 14.2. The molecule has 1 aromatic heterocycles. The van der Waals surface area contributed by atoms with Crippen LogP contribution in [0.5, 0.6) is 0 Å². The van der Waals surface area contributed by atoms with Crippen molar-refractivity contribution >= 4 is 17.5 Å². The number of hydrogen-bond donors (Lipinski definition) is 1. The molecule has 0 spiro atoms. The molecule has 5 rings (SSSR count). The van der Waals surface area contributed by atoms with E-state index >= 15 is 0 Å². The minimum Gasteiger partial charge on any atom is -0.394 e. The maximum Gasteiger partial charge on any atom is 0.274 e. The third-order valence-electron chi connectivity index (χ3n) is 8.62. The van der Waals surface area contributed by atoms with Crippen LogP contribution in [0.3, 0.4) is 0 Å². The lowest BCUT2D eigenvalue weighted by Crippen LogP contribution is -2.42. The van der Waals surface area contributed by atoms with Gasteiger partial charge in [-0.2, -0.15) is 5.10 Å². The highest BCUT2D eigenvalue weighted by molar-refractivity contribution is 5.99. The second-order valence-electron chi connectivity index (χ2n) is 11.5. The highest BCUT2D eigenvalue weighted by Gasteiger charge is 2.33. The van der Waals surface area contributed by atoms with Gasteiger partial charge in [0.05, 0.1) is 37.1 Å². The summed E-state index contributed by atoms with van der Waals surface area (Å²) in [5.74, 6) is -0.233. The maximum atomic E-state index is 14.5. The van der Waals surface area contributed by atoms with Crippen LogP contribution in [0.25, 0.3) is 5.69 Å². The lowest BCUT2D eigenvalue weighted by molar-refractivity contribution is 0.0568. The minimum atomic E-state index is -0.432. The molecule has 9 nitrogen and oxygen atoms in total. The van der Waals surface area contributed by atoms with Gasteiger partial charge >= 0.3 is 0 Å². The van der Waals surface area contributed by atoms with E-state index in [2.05, 4.69) is 24.8 Å². The molecule has 0 saturated carbocycles. The number of nitrogens with zero attached hydrogens (tertiary/aromatic N) is 5. The number of aliphatic hydroxyl groups is 1. The van der Waals surface area contributed by atoms with Gasteiger partial charge in [-0.15, -0.1) is 0 Å². The zero-order valence-electron chi connectivity index (χ0n) is 25.8. The van der Waals surface area contributed by atoms with Crippen molar-refractivity contribution in [2.45, 2.75) is 58.9 Å². The van der Waals surface area contributed by atoms with E-state index in [9.17, 15) is 14.7 Å². The zero-order valence-corrected chi connectivity index (χ0v) is 25.8. The SMILES string of the molecule is CCCCN(CCCC)C(=O)c1cc(C)n(-c2ccc(N3CCOCC3)cc2C(=O)N2CCc3ccccc3[C@H]2CO)n1. The van der Waals surface area contributed by atoms with E-state index in [0.717, 1.165) is 67.7 Å². The number of carbonyl (C=O) groups is 2. The standard InChI is InChI=1S/C34H45N5O4/c1-4-6-15-37(16-7-5-2)34(42)30-22-25(3)39(35-30)31-13-12-27(36-18-20-43-21-19-36)23-29(31)33(41)38-17-14-26-10-8-9-11-28(26)32(38)24-40/h8-13,22-23,32,40H,4-7,14-21,24H2,1-3H3/t32-/m1/s1. The van der Waals surface area contributed by atoms with Crippen LogP contribution in [0, 0.1) is 6.92 Å². The Morgan fingerprint density at radius 2 is 1.72 bits per heavy atom. The van der Waals surface area contributed by atoms with Crippen molar-refractivity contribution in [3.05, 3.63) is 76.6 Å². The first kappa shape index (κ1) is 30.8. The van der Waals surface area contributed by atoms with Crippen molar-refractivity contribution < 1.29 is 19.4 Å². The second-order valence-corrected chi connectivity index (χ2v) is 11.5. The van der Waals surface area contributed by atoms with Crippen molar-refractivity contribution in [1.29, 1.82) is 0 Å². The van der Waals surface area contributed by atoms with Crippen LogP contribution in [0.1, 0.15) is 83.2 Å². The predicted octanol–water partition coefficient (Wildman–Crippen LogP) is 4.79. The Labute approximate surface area is 255 Å². The molecular weight excluding hydrogens is 542 g/mol. The zero-order chi connectivity index (χ0) is 30.3. The number of unbranched alkanes of at least 4 members (excludes halogenated alkanes) is 2. The average Bonchev–Trinajstić information content (AvgIpc) is 3.44. The van der Waals surface area contributed by atoms with Crippen LogP contribution in [-0.4, -0.2) is 89.0 Å². The number of benzene rings is 2. The molecule has 2 aliphatic heterocycles. The molecule has 1 atom stereocenters. The van der Waals surface area contributed by atoms with Crippen LogP contribution >= 0.6 is 0 Å². The third-order valence-corrected chi connectivity index (χ3v) is 8.62. The topological polar surface area (TPSA) is 91.1 Å². The molecule has 0 unspecified atom stereocenters. The number of morpholine rings is 1. The van der Waals surface area contributed by atoms with E-state index in [4.69, 9.17) is 9.84 Å². The summed E-state index contributed by atoms with van der Waals surface area (Å²) in [6.07, 6.45) is 4.64. The number of amides is 2.